The Bertz CT molecular complexity index is 404. The third kappa shape index (κ3) is 2.81. The van der Waals surface area contributed by atoms with Gasteiger partial charge in [-0.25, -0.2) is 0 Å². The maximum absolute atomic E-state index is 6.21. The van der Waals surface area contributed by atoms with E-state index in [9.17, 15) is 0 Å². The van der Waals surface area contributed by atoms with E-state index >= 15 is 0 Å². The third-order valence-electron chi connectivity index (χ3n) is 3.41. The summed E-state index contributed by atoms with van der Waals surface area (Å²) in [5.41, 5.74) is 10.6. The topological polar surface area (TPSA) is 29.3 Å². The van der Waals surface area contributed by atoms with Crippen molar-refractivity contribution in [2.24, 2.45) is 11.1 Å². The SMILES string of the molecule is CN1CC[C@H](N)c2cc(CC(C)(C)C)ccc21. The predicted molar refractivity (Wildman–Crippen MR) is 74.4 cm³/mol. The minimum atomic E-state index is 0.209. The fourth-order valence-corrected chi connectivity index (χ4v) is 2.58. The smallest absolute Gasteiger partial charge is 0.0412 e. The molecule has 2 nitrogen and oxygen atoms in total. The van der Waals surface area contributed by atoms with Gasteiger partial charge in [0.25, 0.3) is 0 Å². The average molecular weight is 232 g/mol. The third-order valence-corrected chi connectivity index (χ3v) is 3.41. The van der Waals surface area contributed by atoms with Gasteiger partial charge >= 0.3 is 0 Å². The van der Waals surface area contributed by atoms with Crippen LogP contribution in [0.3, 0.4) is 0 Å². The number of rotatable bonds is 1. The van der Waals surface area contributed by atoms with Crippen molar-refractivity contribution in [2.75, 3.05) is 18.5 Å². The first-order chi connectivity index (χ1) is 7.87. The van der Waals surface area contributed by atoms with Crippen LogP contribution in [0.15, 0.2) is 18.2 Å². The molecular weight excluding hydrogens is 208 g/mol. The lowest BCUT2D eigenvalue weighted by Gasteiger charge is -2.32. The van der Waals surface area contributed by atoms with E-state index in [0.29, 0.717) is 5.41 Å². The van der Waals surface area contributed by atoms with E-state index in [-0.39, 0.29) is 6.04 Å². The van der Waals surface area contributed by atoms with Gasteiger partial charge in [0, 0.05) is 25.3 Å². The minimum absolute atomic E-state index is 0.209. The summed E-state index contributed by atoms with van der Waals surface area (Å²) in [6.45, 7) is 7.89. The largest absolute Gasteiger partial charge is 0.374 e. The zero-order chi connectivity index (χ0) is 12.6. The number of benzene rings is 1. The second-order valence-corrected chi connectivity index (χ2v) is 6.45. The number of anilines is 1. The van der Waals surface area contributed by atoms with Crippen LogP contribution in [0.4, 0.5) is 5.69 Å². The van der Waals surface area contributed by atoms with Crippen LogP contribution in [0.25, 0.3) is 0 Å². The van der Waals surface area contributed by atoms with Gasteiger partial charge in [0.15, 0.2) is 0 Å². The van der Waals surface area contributed by atoms with Gasteiger partial charge in [-0.1, -0.05) is 32.9 Å². The van der Waals surface area contributed by atoms with Crippen LogP contribution in [0.2, 0.25) is 0 Å². The second-order valence-electron chi connectivity index (χ2n) is 6.45. The zero-order valence-electron chi connectivity index (χ0n) is 11.5. The highest BCUT2D eigenvalue weighted by Gasteiger charge is 2.21. The van der Waals surface area contributed by atoms with Crippen LogP contribution in [0.5, 0.6) is 0 Å². The van der Waals surface area contributed by atoms with Crippen molar-refractivity contribution in [1.82, 2.24) is 0 Å². The highest BCUT2D eigenvalue weighted by molar-refractivity contribution is 5.57. The molecule has 0 saturated heterocycles. The molecule has 2 rings (SSSR count). The number of nitrogens with two attached hydrogens (primary N) is 1. The molecule has 1 heterocycles. The zero-order valence-corrected chi connectivity index (χ0v) is 11.5. The monoisotopic (exact) mass is 232 g/mol. The van der Waals surface area contributed by atoms with Gasteiger partial charge < -0.3 is 10.6 Å². The van der Waals surface area contributed by atoms with Crippen LogP contribution in [-0.2, 0) is 6.42 Å². The molecule has 2 heteroatoms. The Hall–Kier alpha value is -1.02. The van der Waals surface area contributed by atoms with Gasteiger partial charge in [-0.2, -0.15) is 0 Å². The molecule has 0 fully saturated rings. The fraction of sp³-hybridized carbons (Fsp3) is 0.600. The van der Waals surface area contributed by atoms with Crippen molar-refractivity contribution in [3.8, 4) is 0 Å². The van der Waals surface area contributed by atoms with E-state index in [1.165, 1.54) is 16.8 Å². The van der Waals surface area contributed by atoms with Crippen LogP contribution < -0.4 is 10.6 Å². The molecule has 0 spiro atoms. The highest BCUT2D eigenvalue weighted by atomic mass is 15.1. The fourth-order valence-electron chi connectivity index (χ4n) is 2.58. The van der Waals surface area contributed by atoms with E-state index in [4.69, 9.17) is 5.73 Å². The molecule has 0 unspecified atom stereocenters. The molecular formula is C15H24N2. The Morgan fingerprint density at radius 1 is 1.35 bits per heavy atom. The highest BCUT2D eigenvalue weighted by Crippen LogP contribution is 2.33. The van der Waals surface area contributed by atoms with E-state index < -0.39 is 0 Å². The first kappa shape index (κ1) is 12.4. The number of hydrogen-bond acceptors (Lipinski definition) is 2. The Morgan fingerprint density at radius 2 is 2.06 bits per heavy atom. The summed E-state index contributed by atoms with van der Waals surface area (Å²) in [5.74, 6) is 0. The van der Waals surface area contributed by atoms with Crippen LogP contribution in [0, 0.1) is 5.41 Å². The summed E-state index contributed by atoms with van der Waals surface area (Å²) >= 11 is 0. The maximum atomic E-state index is 6.21. The van der Waals surface area contributed by atoms with E-state index in [2.05, 4.69) is 50.9 Å². The van der Waals surface area contributed by atoms with E-state index in [1.807, 2.05) is 0 Å². The molecule has 17 heavy (non-hydrogen) atoms. The molecule has 0 bridgehead atoms. The molecule has 0 radical (unpaired) electrons. The van der Waals surface area contributed by atoms with Gasteiger partial charge in [-0.15, -0.1) is 0 Å². The quantitative estimate of drug-likeness (QED) is 0.806. The summed E-state index contributed by atoms with van der Waals surface area (Å²) in [4.78, 5) is 2.31. The molecule has 94 valence electrons. The van der Waals surface area contributed by atoms with Crippen molar-refractivity contribution in [1.29, 1.82) is 0 Å². The van der Waals surface area contributed by atoms with Gasteiger partial charge in [-0.3, -0.25) is 0 Å². The summed E-state index contributed by atoms with van der Waals surface area (Å²) in [7, 11) is 2.15. The Morgan fingerprint density at radius 3 is 2.71 bits per heavy atom. The van der Waals surface area contributed by atoms with Crippen molar-refractivity contribution in [3.63, 3.8) is 0 Å². The van der Waals surface area contributed by atoms with Crippen molar-refractivity contribution >= 4 is 5.69 Å². The molecule has 1 atom stereocenters. The lowest BCUT2D eigenvalue weighted by Crippen LogP contribution is -2.30. The Kier molecular flexibility index (Phi) is 3.17. The van der Waals surface area contributed by atoms with E-state index in [0.717, 1.165) is 19.4 Å². The molecule has 0 aromatic heterocycles. The number of hydrogen-bond donors (Lipinski definition) is 1. The van der Waals surface area contributed by atoms with Gasteiger partial charge in [0.1, 0.15) is 0 Å². The normalized spacial score (nSPS) is 20.3. The standard InChI is InChI=1S/C15H24N2/c1-15(2,3)10-11-5-6-14-12(9-11)13(16)7-8-17(14)4/h5-6,9,13H,7-8,10,16H2,1-4H3/t13-/m0/s1. The average Bonchev–Trinajstić information content (AvgIpc) is 2.21. The molecule has 1 aliphatic rings. The predicted octanol–water partition coefficient (Wildman–Crippen LogP) is 3.11. The van der Waals surface area contributed by atoms with E-state index in [1.54, 1.807) is 0 Å². The van der Waals surface area contributed by atoms with Gasteiger partial charge in [0.05, 0.1) is 0 Å². The lowest BCUT2D eigenvalue weighted by atomic mass is 9.86. The van der Waals surface area contributed by atoms with Crippen LogP contribution in [-0.4, -0.2) is 13.6 Å². The first-order valence-corrected chi connectivity index (χ1v) is 6.46. The molecule has 1 aromatic carbocycles. The Balaban J connectivity index is 2.32. The lowest BCUT2D eigenvalue weighted by molar-refractivity contribution is 0.411. The molecule has 0 aliphatic carbocycles. The number of nitrogens with zero attached hydrogens (tertiary/aromatic N) is 1. The minimum Gasteiger partial charge on any atom is -0.374 e. The first-order valence-electron chi connectivity index (χ1n) is 6.46. The molecule has 0 saturated carbocycles. The van der Waals surface area contributed by atoms with Crippen molar-refractivity contribution in [2.45, 2.75) is 39.7 Å². The number of fused-ring (bicyclic) bond motifs is 1. The molecule has 1 aromatic rings. The summed E-state index contributed by atoms with van der Waals surface area (Å²) in [6, 6.07) is 7.00. The summed E-state index contributed by atoms with van der Waals surface area (Å²) in [5, 5.41) is 0. The maximum Gasteiger partial charge on any atom is 0.0412 e. The summed E-state index contributed by atoms with van der Waals surface area (Å²) in [6.07, 6.45) is 2.17. The van der Waals surface area contributed by atoms with Gasteiger partial charge in [-0.05, 0) is 35.4 Å². The molecule has 1 aliphatic heterocycles. The second kappa shape index (κ2) is 4.34. The van der Waals surface area contributed by atoms with Crippen LogP contribution in [0.1, 0.15) is 44.4 Å². The molecule has 0 amide bonds. The van der Waals surface area contributed by atoms with Crippen molar-refractivity contribution < 1.29 is 0 Å². The Labute approximate surface area is 105 Å². The molecule has 2 N–H and O–H groups in total. The summed E-state index contributed by atoms with van der Waals surface area (Å²) < 4.78 is 0. The van der Waals surface area contributed by atoms with Crippen molar-refractivity contribution in [3.05, 3.63) is 29.3 Å². The van der Waals surface area contributed by atoms with Crippen LogP contribution >= 0.6 is 0 Å². The van der Waals surface area contributed by atoms with Gasteiger partial charge in [0.2, 0.25) is 0 Å².